The normalized spacial score (nSPS) is 36.7. The minimum absolute atomic E-state index is 0.332. The number of rotatable bonds is 2. The number of hydrogen-bond donors (Lipinski definition) is 2. The first-order valence-corrected chi connectivity index (χ1v) is 5.43. The van der Waals surface area contributed by atoms with Crippen LogP contribution in [-0.4, -0.2) is 32.0 Å². The zero-order valence-corrected chi connectivity index (χ0v) is 8.38. The average Bonchev–Trinajstić information content (AvgIpc) is 2.53. The van der Waals surface area contributed by atoms with Crippen LogP contribution in [0.25, 0.3) is 0 Å². The summed E-state index contributed by atoms with van der Waals surface area (Å²) in [5.41, 5.74) is 0. The Kier molecular flexibility index (Phi) is 3.19. The largest absolute Gasteiger partial charge is 0.362 e. The van der Waals surface area contributed by atoms with Crippen LogP contribution in [0.5, 0.6) is 0 Å². The lowest BCUT2D eigenvalue weighted by molar-refractivity contribution is 0.0739. The van der Waals surface area contributed by atoms with Gasteiger partial charge >= 0.3 is 0 Å². The fourth-order valence-electron chi connectivity index (χ4n) is 2.23. The molecule has 0 amide bonds. The number of hydrogen-bond acceptors (Lipinski definition) is 3. The first kappa shape index (κ1) is 9.44. The van der Waals surface area contributed by atoms with Crippen molar-refractivity contribution in [2.24, 2.45) is 5.92 Å². The summed E-state index contributed by atoms with van der Waals surface area (Å²) < 4.78 is 5.64. The highest BCUT2D eigenvalue weighted by Crippen LogP contribution is 2.20. The van der Waals surface area contributed by atoms with E-state index in [1.54, 1.807) is 0 Å². The monoisotopic (exact) mass is 184 g/mol. The van der Waals surface area contributed by atoms with E-state index >= 15 is 0 Å². The molecule has 0 bridgehead atoms. The summed E-state index contributed by atoms with van der Waals surface area (Å²) in [4.78, 5) is 0. The molecule has 0 aliphatic carbocycles. The molecule has 2 unspecified atom stereocenters. The summed E-state index contributed by atoms with van der Waals surface area (Å²) in [6.45, 7) is 5.44. The molecule has 0 radical (unpaired) electrons. The Morgan fingerprint density at radius 1 is 1.31 bits per heavy atom. The molecule has 2 N–H and O–H groups in total. The fraction of sp³-hybridized carbons (Fsp3) is 1.00. The molecule has 2 fully saturated rings. The lowest BCUT2D eigenvalue weighted by Gasteiger charge is -2.24. The average molecular weight is 184 g/mol. The van der Waals surface area contributed by atoms with Gasteiger partial charge in [-0.1, -0.05) is 0 Å². The van der Waals surface area contributed by atoms with Gasteiger partial charge < -0.3 is 10.1 Å². The predicted molar refractivity (Wildman–Crippen MR) is 52.5 cm³/mol. The Morgan fingerprint density at radius 2 is 2.08 bits per heavy atom. The van der Waals surface area contributed by atoms with Crippen molar-refractivity contribution in [1.82, 2.24) is 10.6 Å². The van der Waals surface area contributed by atoms with E-state index in [1.807, 2.05) is 0 Å². The van der Waals surface area contributed by atoms with Crippen molar-refractivity contribution < 1.29 is 4.74 Å². The molecule has 2 aliphatic rings. The van der Waals surface area contributed by atoms with Gasteiger partial charge in [0.25, 0.3) is 0 Å². The maximum atomic E-state index is 5.64. The molecule has 13 heavy (non-hydrogen) atoms. The molecular weight excluding hydrogens is 164 g/mol. The number of piperidine rings is 1. The van der Waals surface area contributed by atoms with Gasteiger partial charge in [-0.15, -0.1) is 0 Å². The van der Waals surface area contributed by atoms with Crippen LogP contribution in [0.3, 0.4) is 0 Å². The van der Waals surface area contributed by atoms with Crippen LogP contribution in [0.15, 0.2) is 0 Å². The van der Waals surface area contributed by atoms with Gasteiger partial charge in [0, 0.05) is 6.04 Å². The third kappa shape index (κ3) is 2.66. The second-order valence-electron chi connectivity index (χ2n) is 4.32. The van der Waals surface area contributed by atoms with Crippen molar-refractivity contribution in [3.63, 3.8) is 0 Å². The smallest absolute Gasteiger partial charge is 0.108 e. The highest BCUT2D eigenvalue weighted by atomic mass is 16.5. The zero-order chi connectivity index (χ0) is 9.10. The second-order valence-corrected chi connectivity index (χ2v) is 4.32. The third-order valence-corrected chi connectivity index (χ3v) is 3.02. The Bertz CT molecular complexity index is 154. The lowest BCUT2D eigenvalue weighted by Crippen LogP contribution is -2.34. The summed E-state index contributed by atoms with van der Waals surface area (Å²) in [6.07, 6.45) is 4.16. The molecule has 2 aliphatic heterocycles. The molecule has 76 valence electrons. The van der Waals surface area contributed by atoms with E-state index in [0.29, 0.717) is 12.3 Å². The molecule has 0 aromatic rings. The van der Waals surface area contributed by atoms with Crippen LogP contribution in [0, 0.1) is 5.92 Å². The van der Waals surface area contributed by atoms with Gasteiger partial charge in [0.2, 0.25) is 0 Å². The topological polar surface area (TPSA) is 33.3 Å². The van der Waals surface area contributed by atoms with Crippen molar-refractivity contribution in [3.8, 4) is 0 Å². The number of nitrogens with one attached hydrogen (secondary N) is 2. The summed E-state index contributed by atoms with van der Waals surface area (Å²) in [7, 11) is 0. The van der Waals surface area contributed by atoms with E-state index in [1.165, 1.54) is 32.4 Å². The van der Waals surface area contributed by atoms with Crippen LogP contribution in [-0.2, 0) is 4.74 Å². The van der Waals surface area contributed by atoms with E-state index in [4.69, 9.17) is 4.74 Å². The van der Waals surface area contributed by atoms with Crippen molar-refractivity contribution in [2.75, 3.05) is 19.7 Å². The number of ether oxygens (including phenoxy) is 1. The van der Waals surface area contributed by atoms with E-state index < -0.39 is 0 Å². The first-order valence-electron chi connectivity index (χ1n) is 5.43. The van der Waals surface area contributed by atoms with Gasteiger partial charge in [-0.2, -0.15) is 0 Å². The van der Waals surface area contributed by atoms with Gasteiger partial charge in [0.05, 0.1) is 6.61 Å². The predicted octanol–water partition coefficient (Wildman–Crippen LogP) is 0.710. The van der Waals surface area contributed by atoms with E-state index in [9.17, 15) is 0 Å². The summed E-state index contributed by atoms with van der Waals surface area (Å²) in [5.74, 6) is 0.865. The molecule has 2 heterocycles. The Labute approximate surface area is 80.2 Å². The SMILES string of the molecule is CC1COC(CC2CCNCC2)N1. The zero-order valence-electron chi connectivity index (χ0n) is 8.38. The van der Waals surface area contributed by atoms with Gasteiger partial charge in [0.1, 0.15) is 6.23 Å². The molecule has 0 aromatic carbocycles. The summed E-state index contributed by atoms with van der Waals surface area (Å²) >= 11 is 0. The van der Waals surface area contributed by atoms with Crippen LogP contribution >= 0.6 is 0 Å². The van der Waals surface area contributed by atoms with Gasteiger partial charge in [-0.3, -0.25) is 5.32 Å². The summed E-state index contributed by atoms with van der Waals surface area (Å²) in [6, 6.07) is 0.548. The minimum atomic E-state index is 0.332. The second kappa shape index (κ2) is 4.40. The lowest BCUT2D eigenvalue weighted by atomic mass is 9.94. The third-order valence-electron chi connectivity index (χ3n) is 3.02. The summed E-state index contributed by atoms with van der Waals surface area (Å²) in [5, 5.41) is 6.85. The standard InChI is InChI=1S/C10H20N2O/c1-8-7-13-10(12-8)6-9-2-4-11-5-3-9/h8-12H,2-7H2,1H3. The van der Waals surface area contributed by atoms with Crippen LogP contribution in [0.4, 0.5) is 0 Å². The highest BCUT2D eigenvalue weighted by molar-refractivity contribution is 4.77. The molecule has 2 atom stereocenters. The van der Waals surface area contributed by atoms with Crippen molar-refractivity contribution >= 4 is 0 Å². The molecule has 0 spiro atoms. The van der Waals surface area contributed by atoms with Crippen molar-refractivity contribution in [3.05, 3.63) is 0 Å². The van der Waals surface area contributed by atoms with Gasteiger partial charge in [-0.25, -0.2) is 0 Å². The van der Waals surface area contributed by atoms with Crippen LogP contribution in [0.2, 0.25) is 0 Å². The van der Waals surface area contributed by atoms with Crippen LogP contribution < -0.4 is 10.6 Å². The van der Waals surface area contributed by atoms with Crippen molar-refractivity contribution in [1.29, 1.82) is 0 Å². The van der Waals surface area contributed by atoms with E-state index in [-0.39, 0.29) is 0 Å². The molecule has 3 nitrogen and oxygen atoms in total. The maximum Gasteiger partial charge on any atom is 0.108 e. The van der Waals surface area contributed by atoms with Crippen LogP contribution in [0.1, 0.15) is 26.2 Å². The molecule has 3 heteroatoms. The molecule has 0 aromatic heterocycles. The van der Waals surface area contributed by atoms with Gasteiger partial charge in [-0.05, 0) is 45.2 Å². The quantitative estimate of drug-likeness (QED) is 0.663. The Hall–Kier alpha value is -0.120. The van der Waals surface area contributed by atoms with Crippen molar-refractivity contribution in [2.45, 2.75) is 38.5 Å². The molecule has 2 saturated heterocycles. The maximum absolute atomic E-state index is 5.64. The Balaban J connectivity index is 1.71. The van der Waals surface area contributed by atoms with E-state index in [2.05, 4.69) is 17.6 Å². The first-order chi connectivity index (χ1) is 6.34. The highest BCUT2D eigenvalue weighted by Gasteiger charge is 2.24. The molecular formula is C10H20N2O. The fourth-order valence-corrected chi connectivity index (χ4v) is 2.23. The van der Waals surface area contributed by atoms with E-state index in [0.717, 1.165) is 12.5 Å². The molecule has 0 saturated carbocycles. The molecule has 2 rings (SSSR count). The van der Waals surface area contributed by atoms with Gasteiger partial charge in [0.15, 0.2) is 0 Å². The Morgan fingerprint density at radius 3 is 2.69 bits per heavy atom. The minimum Gasteiger partial charge on any atom is -0.362 e.